The number of hydrogen-bond acceptors (Lipinski definition) is 4. The number of nitrogens with one attached hydrogen (secondary N) is 1. The van der Waals surface area contributed by atoms with Gasteiger partial charge in [0, 0.05) is 21.9 Å². The zero-order chi connectivity index (χ0) is 13.4. The minimum absolute atomic E-state index is 0.0570. The number of benzene rings is 1. The van der Waals surface area contributed by atoms with Gasteiger partial charge in [-0.25, -0.2) is 4.99 Å². The molecule has 0 spiro atoms. The Bertz CT molecular complexity index is 599. The first kappa shape index (κ1) is 12.7. The van der Waals surface area contributed by atoms with Crippen molar-refractivity contribution < 1.29 is 0 Å². The molecular formula is C15H17N3S. The van der Waals surface area contributed by atoms with Crippen LogP contribution in [0.1, 0.15) is 18.5 Å². The Morgan fingerprint density at radius 2 is 2.26 bits per heavy atom. The normalized spacial score (nSPS) is 22.2. The monoisotopic (exact) mass is 271 g/mol. The summed E-state index contributed by atoms with van der Waals surface area (Å²) in [5.41, 5.74) is 9.19. The van der Waals surface area contributed by atoms with Crippen molar-refractivity contribution in [2.24, 2.45) is 10.7 Å². The molecule has 2 unspecified atom stereocenters. The summed E-state index contributed by atoms with van der Waals surface area (Å²) in [6.07, 6.45) is 6.43. The van der Waals surface area contributed by atoms with E-state index in [1.807, 2.05) is 14.0 Å². The van der Waals surface area contributed by atoms with Crippen LogP contribution in [0.4, 0.5) is 5.69 Å². The Kier molecular flexibility index (Phi) is 3.31. The van der Waals surface area contributed by atoms with Crippen LogP contribution in [0.5, 0.6) is 0 Å². The SMILES string of the molecule is CNC1C=CC2=Nc3ccc(C(C)N)cc3SC2=C1. The largest absolute Gasteiger partial charge is 0.324 e. The second kappa shape index (κ2) is 4.96. The van der Waals surface area contributed by atoms with E-state index < -0.39 is 0 Å². The van der Waals surface area contributed by atoms with E-state index in [0.29, 0.717) is 6.04 Å². The molecule has 0 saturated heterocycles. The predicted octanol–water partition coefficient (Wildman–Crippen LogP) is 2.93. The van der Waals surface area contributed by atoms with Crippen LogP contribution in [0.25, 0.3) is 0 Å². The predicted molar refractivity (Wildman–Crippen MR) is 82.1 cm³/mol. The van der Waals surface area contributed by atoms with Gasteiger partial charge in [0.25, 0.3) is 0 Å². The molecule has 1 aliphatic carbocycles. The Morgan fingerprint density at radius 1 is 1.42 bits per heavy atom. The van der Waals surface area contributed by atoms with Gasteiger partial charge in [-0.2, -0.15) is 0 Å². The zero-order valence-corrected chi connectivity index (χ0v) is 11.9. The Hall–Kier alpha value is -1.36. The smallest absolute Gasteiger partial charge is 0.0777 e. The molecule has 0 aromatic heterocycles. The van der Waals surface area contributed by atoms with Gasteiger partial charge in [-0.15, -0.1) is 0 Å². The number of hydrogen-bond donors (Lipinski definition) is 2. The van der Waals surface area contributed by atoms with Crippen LogP contribution in [0.2, 0.25) is 0 Å². The molecule has 1 aliphatic heterocycles. The van der Waals surface area contributed by atoms with E-state index in [1.165, 1.54) is 9.80 Å². The minimum atomic E-state index is 0.0570. The van der Waals surface area contributed by atoms with Crippen LogP contribution in [0, 0.1) is 0 Å². The maximum atomic E-state index is 5.94. The lowest BCUT2D eigenvalue weighted by molar-refractivity contribution is 0.788. The highest BCUT2D eigenvalue weighted by atomic mass is 32.2. The first-order chi connectivity index (χ1) is 9.17. The van der Waals surface area contributed by atoms with Gasteiger partial charge in [0.05, 0.1) is 11.4 Å². The summed E-state index contributed by atoms with van der Waals surface area (Å²) < 4.78 is 0. The lowest BCUT2D eigenvalue weighted by atomic mass is 10.1. The van der Waals surface area contributed by atoms with Gasteiger partial charge in [0.1, 0.15) is 0 Å². The first-order valence-electron chi connectivity index (χ1n) is 6.41. The molecule has 2 atom stereocenters. The molecular weight excluding hydrogens is 254 g/mol. The van der Waals surface area contributed by atoms with E-state index in [0.717, 1.165) is 17.0 Å². The molecule has 0 bridgehead atoms. The molecule has 1 aromatic rings. The fourth-order valence-electron chi connectivity index (χ4n) is 2.18. The molecule has 4 heteroatoms. The van der Waals surface area contributed by atoms with Crippen molar-refractivity contribution in [2.75, 3.05) is 7.05 Å². The minimum Gasteiger partial charge on any atom is -0.324 e. The van der Waals surface area contributed by atoms with Crippen LogP contribution < -0.4 is 11.1 Å². The highest BCUT2D eigenvalue weighted by molar-refractivity contribution is 8.04. The summed E-state index contributed by atoms with van der Waals surface area (Å²) in [4.78, 5) is 7.12. The third-order valence-corrected chi connectivity index (χ3v) is 4.46. The van der Waals surface area contributed by atoms with Crippen molar-refractivity contribution in [1.82, 2.24) is 5.32 Å². The van der Waals surface area contributed by atoms with Gasteiger partial charge >= 0.3 is 0 Å². The number of likely N-dealkylation sites (N-methyl/N-ethyl adjacent to an activating group) is 1. The van der Waals surface area contributed by atoms with Crippen LogP contribution in [-0.4, -0.2) is 18.8 Å². The van der Waals surface area contributed by atoms with E-state index in [2.05, 4.69) is 41.7 Å². The summed E-state index contributed by atoms with van der Waals surface area (Å²) in [6.45, 7) is 2.00. The van der Waals surface area contributed by atoms with E-state index in [-0.39, 0.29) is 6.04 Å². The van der Waals surface area contributed by atoms with E-state index in [9.17, 15) is 0 Å². The Labute approximate surface area is 117 Å². The summed E-state index contributed by atoms with van der Waals surface area (Å²) >= 11 is 1.78. The third kappa shape index (κ3) is 2.39. The van der Waals surface area contributed by atoms with E-state index in [4.69, 9.17) is 10.7 Å². The van der Waals surface area contributed by atoms with Gasteiger partial charge in [0.2, 0.25) is 0 Å². The fraction of sp³-hybridized carbons (Fsp3) is 0.267. The fourth-order valence-corrected chi connectivity index (χ4v) is 3.26. The Morgan fingerprint density at radius 3 is 3.00 bits per heavy atom. The van der Waals surface area contributed by atoms with Crippen LogP contribution >= 0.6 is 11.8 Å². The molecule has 0 amide bonds. The highest BCUT2D eigenvalue weighted by Crippen LogP contribution is 2.42. The molecule has 98 valence electrons. The topological polar surface area (TPSA) is 50.4 Å². The summed E-state index contributed by atoms with van der Waals surface area (Å²) in [7, 11) is 1.96. The van der Waals surface area contributed by atoms with Crippen molar-refractivity contribution in [3.8, 4) is 0 Å². The van der Waals surface area contributed by atoms with Crippen molar-refractivity contribution in [3.63, 3.8) is 0 Å². The lowest BCUT2D eigenvalue weighted by Gasteiger charge is -2.22. The number of nitrogens with zero attached hydrogens (tertiary/aromatic N) is 1. The quantitative estimate of drug-likeness (QED) is 0.869. The third-order valence-electron chi connectivity index (χ3n) is 3.35. The highest BCUT2D eigenvalue weighted by Gasteiger charge is 2.20. The van der Waals surface area contributed by atoms with Gasteiger partial charge in [-0.1, -0.05) is 23.9 Å². The second-order valence-electron chi connectivity index (χ2n) is 4.82. The van der Waals surface area contributed by atoms with Crippen molar-refractivity contribution >= 4 is 23.2 Å². The maximum Gasteiger partial charge on any atom is 0.0777 e. The molecule has 0 radical (unpaired) electrons. The molecule has 3 rings (SSSR count). The molecule has 1 heterocycles. The van der Waals surface area contributed by atoms with Gasteiger partial charge in [-0.3, -0.25) is 0 Å². The van der Waals surface area contributed by atoms with Crippen molar-refractivity contribution in [2.45, 2.75) is 23.9 Å². The van der Waals surface area contributed by atoms with E-state index >= 15 is 0 Å². The van der Waals surface area contributed by atoms with Gasteiger partial charge in [0.15, 0.2) is 0 Å². The Balaban J connectivity index is 2.01. The molecule has 1 aromatic carbocycles. The standard InChI is InChI=1S/C15H17N3S/c1-9(16)10-3-5-12-14(7-10)19-15-8-11(17-2)4-6-13(15)18-12/h3-9,11,17H,16H2,1-2H3. The average molecular weight is 271 g/mol. The molecule has 2 aliphatic rings. The van der Waals surface area contributed by atoms with Gasteiger partial charge < -0.3 is 11.1 Å². The number of allylic oxidation sites excluding steroid dienone is 2. The summed E-state index contributed by atoms with van der Waals surface area (Å²) in [5.74, 6) is 0. The van der Waals surface area contributed by atoms with Crippen molar-refractivity contribution in [3.05, 3.63) is 46.9 Å². The van der Waals surface area contributed by atoms with Gasteiger partial charge in [-0.05, 0) is 43.8 Å². The second-order valence-corrected chi connectivity index (χ2v) is 5.90. The lowest BCUT2D eigenvalue weighted by Crippen LogP contribution is -2.24. The van der Waals surface area contributed by atoms with Crippen LogP contribution in [0.15, 0.2) is 51.2 Å². The molecule has 3 nitrogen and oxygen atoms in total. The molecule has 0 saturated carbocycles. The zero-order valence-electron chi connectivity index (χ0n) is 11.1. The molecule has 19 heavy (non-hydrogen) atoms. The number of nitrogens with two attached hydrogens (primary N) is 1. The molecule has 0 fully saturated rings. The number of thioether (sulfide) groups is 1. The van der Waals surface area contributed by atoms with Crippen LogP contribution in [0.3, 0.4) is 0 Å². The summed E-state index contributed by atoms with van der Waals surface area (Å²) in [6, 6.07) is 6.62. The number of rotatable bonds is 2. The van der Waals surface area contributed by atoms with Crippen LogP contribution in [-0.2, 0) is 0 Å². The first-order valence-corrected chi connectivity index (χ1v) is 7.23. The molecule has 3 N–H and O–H groups in total. The number of fused-ring (bicyclic) bond motifs is 2. The number of aliphatic imine (C=N–C) groups is 1. The summed E-state index contributed by atoms with van der Waals surface area (Å²) in [5, 5.41) is 3.24. The average Bonchev–Trinajstić information content (AvgIpc) is 2.43. The maximum absolute atomic E-state index is 5.94. The van der Waals surface area contributed by atoms with Crippen molar-refractivity contribution in [1.29, 1.82) is 0 Å². The van der Waals surface area contributed by atoms with E-state index in [1.54, 1.807) is 11.8 Å².